The first-order valence-electron chi connectivity index (χ1n) is 8.59. The minimum absolute atomic E-state index is 0.128. The number of aromatic nitrogens is 1. The number of carboxylic acids is 1. The number of allylic oxidation sites excluding steroid dienone is 1. The third-order valence-electron chi connectivity index (χ3n) is 4.13. The van der Waals surface area contributed by atoms with Crippen LogP contribution in [0, 0.1) is 3.95 Å². The van der Waals surface area contributed by atoms with Crippen molar-refractivity contribution in [3.63, 3.8) is 0 Å². The number of thiazole rings is 1. The fourth-order valence-corrected chi connectivity index (χ4v) is 4.07. The van der Waals surface area contributed by atoms with Crippen LogP contribution in [0.5, 0.6) is 5.88 Å². The van der Waals surface area contributed by atoms with Gasteiger partial charge in [0.1, 0.15) is 5.71 Å². The monoisotopic (exact) mass is 401 g/mol. The molecule has 140 valence electrons. The summed E-state index contributed by atoms with van der Waals surface area (Å²) in [5, 5.41) is 27.4. The van der Waals surface area contributed by atoms with Gasteiger partial charge in [0.15, 0.2) is 3.95 Å². The molecule has 1 aromatic carbocycles. The molecule has 1 aliphatic rings. The molecule has 0 aliphatic carbocycles. The van der Waals surface area contributed by atoms with Gasteiger partial charge in [-0.2, -0.15) is 5.10 Å². The summed E-state index contributed by atoms with van der Waals surface area (Å²) in [7, 11) is 0. The third kappa shape index (κ3) is 4.78. The van der Waals surface area contributed by atoms with Gasteiger partial charge < -0.3 is 10.2 Å². The van der Waals surface area contributed by atoms with Gasteiger partial charge in [-0.3, -0.25) is 9.36 Å². The summed E-state index contributed by atoms with van der Waals surface area (Å²) in [5.41, 5.74) is 2.54. The van der Waals surface area contributed by atoms with Gasteiger partial charge in [0.05, 0.1) is 11.1 Å². The Hall–Kier alpha value is -2.58. The maximum Gasteiger partial charge on any atom is 0.303 e. The first-order chi connectivity index (χ1) is 13.1. The summed E-state index contributed by atoms with van der Waals surface area (Å²) in [4.78, 5) is 11.2. The van der Waals surface area contributed by atoms with Crippen LogP contribution in [0.2, 0.25) is 0 Å². The summed E-state index contributed by atoms with van der Waals surface area (Å²) in [6.07, 6.45) is 5.84. The van der Waals surface area contributed by atoms with Gasteiger partial charge in [0, 0.05) is 24.1 Å². The molecule has 0 atom stereocenters. The molecule has 0 unspecified atom stereocenters. The van der Waals surface area contributed by atoms with Crippen LogP contribution in [0.4, 0.5) is 0 Å². The molecule has 0 spiro atoms. The topological polar surface area (TPSA) is 87.2 Å². The van der Waals surface area contributed by atoms with Crippen molar-refractivity contribution in [1.29, 1.82) is 0 Å². The van der Waals surface area contributed by atoms with Crippen molar-refractivity contribution in [2.24, 2.45) is 10.2 Å². The van der Waals surface area contributed by atoms with Gasteiger partial charge in [-0.25, -0.2) is 0 Å². The zero-order valence-corrected chi connectivity index (χ0v) is 16.2. The minimum atomic E-state index is -0.784. The molecule has 3 rings (SSSR count). The average molecular weight is 402 g/mol. The van der Waals surface area contributed by atoms with E-state index < -0.39 is 5.97 Å². The standard InChI is InChI=1S/C19H19N3O3S2/c23-16(24)9-5-2-6-10-22-18(25)15(27-19(22)26)11-14-12-20-21-17(14)13-7-3-1-4-8-13/h1,3-4,7-8,11-12,25H,2,5-6,9-10H2,(H,23,24). The molecule has 8 heteroatoms. The highest BCUT2D eigenvalue weighted by Crippen LogP contribution is 2.30. The molecule has 2 N–H and O–H groups in total. The summed E-state index contributed by atoms with van der Waals surface area (Å²) in [5.74, 6) is -0.656. The maximum absolute atomic E-state index is 10.6. The maximum atomic E-state index is 10.6. The molecule has 0 radical (unpaired) electrons. The van der Waals surface area contributed by atoms with E-state index in [9.17, 15) is 9.90 Å². The number of unbranched alkanes of at least 4 members (excludes halogenated alkanes) is 2. The summed E-state index contributed by atoms with van der Waals surface area (Å²) in [6.45, 7) is 0.567. The molecule has 2 heterocycles. The van der Waals surface area contributed by atoms with Gasteiger partial charge >= 0.3 is 5.97 Å². The van der Waals surface area contributed by atoms with Crippen molar-refractivity contribution in [1.82, 2.24) is 4.57 Å². The van der Waals surface area contributed by atoms with Crippen molar-refractivity contribution in [3.8, 4) is 5.88 Å². The smallest absolute Gasteiger partial charge is 0.303 e. The number of aromatic hydroxyl groups is 1. The lowest BCUT2D eigenvalue weighted by Gasteiger charge is -2.05. The summed E-state index contributed by atoms with van der Waals surface area (Å²) < 4.78 is 2.28. The summed E-state index contributed by atoms with van der Waals surface area (Å²) in [6, 6.07) is 9.75. The molecular weight excluding hydrogens is 382 g/mol. The molecule has 0 saturated carbocycles. The van der Waals surface area contributed by atoms with E-state index in [1.165, 1.54) is 11.3 Å². The molecule has 0 saturated heterocycles. The lowest BCUT2D eigenvalue weighted by atomic mass is 10.0. The van der Waals surface area contributed by atoms with Crippen LogP contribution < -0.4 is 0 Å². The Bertz CT molecular complexity index is 972. The Labute approximate surface area is 165 Å². The lowest BCUT2D eigenvalue weighted by molar-refractivity contribution is -0.137. The van der Waals surface area contributed by atoms with Crippen LogP contribution >= 0.6 is 23.6 Å². The van der Waals surface area contributed by atoms with Crippen molar-refractivity contribution >= 4 is 47.5 Å². The highest BCUT2D eigenvalue weighted by atomic mass is 32.1. The molecule has 0 amide bonds. The Kier molecular flexibility index (Phi) is 6.31. The van der Waals surface area contributed by atoms with Gasteiger partial charge in [0.25, 0.3) is 0 Å². The molecule has 0 bridgehead atoms. The van der Waals surface area contributed by atoms with E-state index in [2.05, 4.69) is 10.2 Å². The van der Waals surface area contributed by atoms with E-state index in [1.807, 2.05) is 36.4 Å². The van der Waals surface area contributed by atoms with Crippen LogP contribution in [-0.2, 0) is 11.3 Å². The van der Waals surface area contributed by atoms with Gasteiger partial charge in [-0.05, 0) is 31.1 Å². The predicted molar refractivity (Wildman–Crippen MR) is 110 cm³/mol. The highest BCUT2D eigenvalue weighted by molar-refractivity contribution is 7.73. The quantitative estimate of drug-likeness (QED) is 0.503. The number of aliphatic carboxylic acids is 1. The first kappa shape index (κ1) is 19.2. The van der Waals surface area contributed by atoms with E-state index in [1.54, 1.807) is 10.8 Å². The van der Waals surface area contributed by atoms with Gasteiger partial charge in [-0.1, -0.05) is 36.8 Å². The predicted octanol–water partition coefficient (Wildman–Crippen LogP) is 4.50. The van der Waals surface area contributed by atoms with Gasteiger partial charge in [-0.15, -0.1) is 16.4 Å². The fourth-order valence-electron chi connectivity index (χ4n) is 2.76. The number of benzene rings is 1. The first-order valence-corrected chi connectivity index (χ1v) is 9.81. The minimum Gasteiger partial charge on any atom is -0.493 e. The number of nitrogens with zero attached hydrogens (tertiary/aromatic N) is 3. The zero-order chi connectivity index (χ0) is 19.2. The molecule has 1 aliphatic heterocycles. The summed E-state index contributed by atoms with van der Waals surface area (Å²) >= 11 is 6.71. The van der Waals surface area contributed by atoms with E-state index in [0.29, 0.717) is 21.8 Å². The number of hydrogen-bond donors (Lipinski definition) is 2. The Balaban J connectivity index is 1.73. The van der Waals surface area contributed by atoms with Crippen LogP contribution in [0.1, 0.15) is 36.1 Å². The number of hydrogen-bond acceptors (Lipinski definition) is 6. The zero-order valence-electron chi connectivity index (χ0n) is 14.5. The SMILES string of the molecule is O=C(O)CCCCCn1c(O)c(C=C2C=NN=C2c2ccccc2)sc1=S. The number of carboxylic acid groups (broad SMARTS) is 1. The van der Waals surface area contributed by atoms with Gasteiger partial charge in [0.2, 0.25) is 5.88 Å². The Morgan fingerprint density at radius 3 is 2.74 bits per heavy atom. The third-order valence-corrected chi connectivity index (χ3v) is 5.51. The second-order valence-electron chi connectivity index (χ2n) is 6.07. The second-order valence-corrected chi connectivity index (χ2v) is 7.75. The van der Waals surface area contributed by atoms with Crippen molar-refractivity contribution in [3.05, 3.63) is 50.3 Å². The molecule has 1 aromatic heterocycles. The normalized spacial score (nSPS) is 14.7. The van der Waals surface area contributed by atoms with Crippen LogP contribution in [0.3, 0.4) is 0 Å². The van der Waals surface area contributed by atoms with Crippen molar-refractivity contribution in [2.45, 2.75) is 32.2 Å². The van der Waals surface area contributed by atoms with E-state index in [-0.39, 0.29) is 12.3 Å². The van der Waals surface area contributed by atoms with Crippen LogP contribution in [0.15, 0.2) is 46.1 Å². The molecule has 27 heavy (non-hydrogen) atoms. The molecular formula is C19H19N3O3S2. The lowest BCUT2D eigenvalue weighted by Crippen LogP contribution is -2.02. The average Bonchev–Trinajstić information content (AvgIpc) is 3.21. The van der Waals surface area contributed by atoms with Crippen molar-refractivity contribution in [2.75, 3.05) is 0 Å². The van der Waals surface area contributed by atoms with E-state index in [4.69, 9.17) is 17.3 Å². The number of rotatable bonds is 8. The Morgan fingerprint density at radius 1 is 1.22 bits per heavy atom. The van der Waals surface area contributed by atoms with E-state index in [0.717, 1.165) is 29.7 Å². The second kappa shape index (κ2) is 8.88. The molecule has 0 fully saturated rings. The largest absolute Gasteiger partial charge is 0.493 e. The van der Waals surface area contributed by atoms with Crippen LogP contribution in [0.25, 0.3) is 6.08 Å². The van der Waals surface area contributed by atoms with E-state index >= 15 is 0 Å². The fraction of sp³-hybridized carbons (Fsp3) is 0.263. The van der Waals surface area contributed by atoms with Crippen LogP contribution in [-0.4, -0.2) is 32.7 Å². The Morgan fingerprint density at radius 2 is 2.00 bits per heavy atom. The highest BCUT2D eigenvalue weighted by Gasteiger charge is 2.16. The molecule has 6 nitrogen and oxygen atoms in total. The molecule has 2 aromatic rings. The van der Waals surface area contributed by atoms with Crippen molar-refractivity contribution < 1.29 is 15.0 Å². The number of carbonyl (C=O) groups is 1.